The zero-order valence-corrected chi connectivity index (χ0v) is 13.3. The van der Waals surface area contributed by atoms with Crippen molar-refractivity contribution < 1.29 is 19.1 Å². The second-order valence-corrected chi connectivity index (χ2v) is 5.55. The highest BCUT2D eigenvalue weighted by molar-refractivity contribution is 6.02. The van der Waals surface area contributed by atoms with E-state index < -0.39 is 6.04 Å². The van der Waals surface area contributed by atoms with Crippen LogP contribution in [0, 0.1) is 0 Å². The van der Waals surface area contributed by atoms with Crippen LogP contribution in [0.4, 0.5) is 0 Å². The van der Waals surface area contributed by atoms with Crippen LogP contribution >= 0.6 is 0 Å². The Labute approximate surface area is 135 Å². The van der Waals surface area contributed by atoms with E-state index in [2.05, 4.69) is 5.32 Å². The Hall–Kier alpha value is -2.50. The molecular weight excluding hydrogens is 296 g/mol. The third-order valence-electron chi connectivity index (χ3n) is 4.18. The molecule has 3 rings (SSSR count). The van der Waals surface area contributed by atoms with Crippen molar-refractivity contribution in [1.29, 1.82) is 0 Å². The van der Waals surface area contributed by atoms with Gasteiger partial charge in [0.15, 0.2) is 11.5 Å². The number of piperazine rings is 1. The monoisotopic (exact) mass is 316 g/mol. The molecule has 2 amide bonds. The summed E-state index contributed by atoms with van der Waals surface area (Å²) < 4.78 is 11.0. The molecule has 0 aliphatic carbocycles. The number of amides is 2. The van der Waals surface area contributed by atoms with Crippen LogP contribution in [-0.2, 0) is 9.59 Å². The quantitative estimate of drug-likeness (QED) is 0.910. The van der Waals surface area contributed by atoms with Crippen molar-refractivity contribution in [3.05, 3.63) is 29.3 Å². The maximum atomic E-state index is 12.8. The molecule has 6 heteroatoms. The molecule has 0 spiro atoms. The highest BCUT2D eigenvalue weighted by Crippen LogP contribution is 2.35. The van der Waals surface area contributed by atoms with Crippen molar-refractivity contribution in [2.45, 2.75) is 19.4 Å². The number of fused-ring (bicyclic) bond motifs is 1. The Balaban J connectivity index is 1.88. The average molecular weight is 316 g/mol. The normalized spacial score (nSPS) is 20.1. The van der Waals surface area contributed by atoms with Crippen molar-refractivity contribution >= 4 is 17.9 Å². The molecule has 0 bridgehead atoms. The molecule has 2 heterocycles. The summed E-state index contributed by atoms with van der Waals surface area (Å²) in [5, 5.41) is 2.80. The molecule has 0 saturated carbocycles. The van der Waals surface area contributed by atoms with Gasteiger partial charge < -0.3 is 19.7 Å². The van der Waals surface area contributed by atoms with E-state index in [1.807, 2.05) is 31.2 Å². The number of ether oxygens (including phenoxy) is 2. The van der Waals surface area contributed by atoms with Gasteiger partial charge in [0.25, 0.3) is 5.91 Å². The van der Waals surface area contributed by atoms with E-state index in [-0.39, 0.29) is 18.4 Å². The van der Waals surface area contributed by atoms with Crippen LogP contribution < -0.4 is 14.8 Å². The smallest absolute Gasteiger partial charge is 0.254 e. The minimum atomic E-state index is -0.413. The molecule has 1 N–H and O–H groups in total. The van der Waals surface area contributed by atoms with Crippen LogP contribution in [0.15, 0.2) is 23.8 Å². The Morgan fingerprint density at radius 3 is 3.04 bits per heavy atom. The first kappa shape index (κ1) is 15.4. The molecule has 1 aromatic rings. The Kier molecular flexibility index (Phi) is 4.23. The van der Waals surface area contributed by atoms with Gasteiger partial charge >= 0.3 is 0 Å². The van der Waals surface area contributed by atoms with Gasteiger partial charge in [0, 0.05) is 18.7 Å². The van der Waals surface area contributed by atoms with E-state index in [4.69, 9.17) is 9.47 Å². The fourth-order valence-electron chi connectivity index (χ4n) is 3.01. The number of carbonyl (C=O) groups excluding carboxylic acids is 2. The number of benzene rings is 1. The lowest BCUT2D eigenvalue weighted by atomic mass is 10.0. The molecule has 23 heavy (non-hydrogen) atoms. The SMILES string of the molecule is CCC1C(=O)NCCN1C(=O)C1=Cc2cccc(OC)c2OC1. The minimum absolute atomic E-state index is 0.0912. The second-order valence-electron chi connectivity index (χ2n) is 5.55. The molecule has 6 nitrogen and oxygen atoms in total. The first-order chi connectivity index (χ1) is 11.2. The fraction of sp³-hybridized carbons (Fsp3) is 0.412. The number of nitrogens with one attached hydrogen (secondary N) is 1. The van der Waals surface area contributed by atoms with Gasteiger partial charge in [-0.2, -0.15) is 0 Å². The van der Waals surface area contributed by atoms with Gasteiger partial charge in [-0.05, 0) is 18.6 Å². The van der Waals surface area contributed by atoms with E-state index in [0.717, 1.165) is 5.56 Å². The third kappa shape index (κ3) is 2.76. The molecular formula is C17H20N2O4. The largest absolute Gasteiger partial charge is 0.493 e. The number of hydrogen-bond acceptors (Lipinski definition) is 4. The van der Waals surface area contributed by atoms with Crippen LogP contribution in [0.25, 0.3) is 6.08 Å². The van der Waals surface area contributed by atoms with Crippen molar-refractivity contribution in [3.8, 4) is 11.5 Å². The van der Waals surface area contributed by atoms with E-state index >= 15 is 0 Å². The molecule has 0 aromatic heterocycles. The van der Waals surface area contributed by atoms with Crippen molar-refractivity contribution in [2.24, 2.45) is 0 Å². The lowest BCUT2D eigenvalue weighted by Gasteiger charge is -2.35. The van der Waals surface area contributed by atoms with Crippen LogP contribution in [0.2, 0.25) is 0 Å². The topological polar surface area (TPSA) is 67.9 Å². The maximum Gasteiger partial charge on any atom is 0.254 e. The molecule has 122 valence electrons. The number of carbonyl (C=O) groups is 2. The highest BCUT2D eigenvalue weighted by atomic mass is 16.5. The summed E-state index contributed by atoms with van der Waals surface area (Å²) in [6, 6.07) is 5.14. The van der Waals surface area contributed by atoms with Crippen LogP contribution in [0.3, 0.4) is 0 Å². The molecule has 1 unspecified atom stereocenters. The van der Waals surface area contributed by atoms with Gasteiger partial charge in [0.05, 0.1) is 12.7 Å². The van der Waals surface area contributed by atoms with E-state index in [1.54, 1.807) is 12.0 Å². The maximum absolute atomic E-state index is 12.8. The Morgan fingerprint density at radius 1 is 1.48 bits per heavy atom. The fourth-order valence-corrected chi connectivity index (χ4v) is 3.01. The molecule has 1 atom stereocenters. The Bertz CT molecular complexity index is 669. The Morgan fingerprint density at radius 2 is 2.30 bits per heavy atom. The van der Waals surface area contributed by atoms with Crippen LogP contribution in [0.1, 0.15) is 18.9 Å². The molecule has 1 aromatic carbocycles. The number of rotatable bonds is 3. The average Bonchev–Trinajstić information content (AvgIpc) is 2.59. The summed E-state index contributed by atoms with van der Waals surface area (Å²) in [4.78, 5) is 26.4. The number of para-hydroxylation sites is 1. The first-order valence-corrected chi connectivity index (χ1v) is 7.74. The lowest BCUT2D eigenvalue weighted by Crippen LogP contribution is -2.57. The van der Waals surface area contributed by atoms with Crippen molar-refractivity contribution in [2.75, 3.05) is 26.8 Å². The standard InChI is InChI=1S/C17H20N2O4/c1-3-13-16(20)18-7-8-19(13)17(21)12-9-11-5-4-6-14(22-2)15(11)23-10-12/h4-6,9,13H,3,7-8,10H2,1-2H3,(H,18,20). The number of nitrogens with zero attached hydrogens (tertiary/aromatic N) is 1. The highest BCUT2D eigenvalue weighted by Gasteiger charge is 2.34. The van der Waals surface area contributed by atoms with Crippen LogP contribution in [-0.4, -0.2) is 49.6 Å². The van der Waals surface area contributed by atoms with Gasteiger partial charge in [-0.25, -0.2) is 0 Å². The third-order valence-corrected chi connectivity index (χ3v) is 4.18. The predicted molar refractivity (Wildman–Crippen MR) is 85.3 cm³/mol. The number of methoxy groups -OCH3 is 1. The van der Waals surface area contributed by atoms with Crippen LogP contribution in [0.5, 0.6) is 11.5 Å². The van der Waals surface area contributed by atoms with Gasteiger partial charge in [0.2, 0.25) is 5.91 Å². The van der Waals surface area contributed by atoms with Crippen molar-refractivity contribution in [1.82, 2.24) is 10.2 Å². The van der Waals surface area contributed by atoms with Gasteiger partial charge in [-0.3, -0.25) is 9.59 Å². The van der Waals surface area contributed by atoms with E-state index in [0.29, 0.717) is 36.6 Å². The number of hydrogen-bond donors (Lipinski definition) is 1. The zero-order chi connectivity index (χ0) is 16.4. The molecule has 1 saturated heterocycles. The second kappa shape index (κ2) is 6.32. The molecule has 2 aliphatic heterocycles. The predicted octanol–water partition coefficient (Wildman–Crippen LogP) is 1.21. The summed E-state index contributed by atoms with van der Waals surface area (Å²) in [5.41, 5.74) is 1.37. The summed E-state index contributed by atoms with van der Waals surface area (Å²) in [5.74, 6) is 1.07. The molecule has 0 radical (unpaired) electrons. The van der Waals surface area contributed by atoms with Crippen molar-refractivity contribution in [3.63, 3.8) is 0 Å². The minimum Gasteiger partial charge on any atom is -0.493 e. The summed E-state index contributed by atoms with van der Waals surface area (Å²) in [6.45, 7) is 3.09. The first-order valence-electron chi connectivity index (χ1n) is 7.74. The lowest BCUT2D eigenvalue weighted by molar-refractivity contribution is -0.140. The van der Waals surface area contributed by atoms with E-state index in [1.165, 1.54) is 0 Å². The van der Waals surface area contributed by atoms with Gasteiger partial charge in [0.1, 0.15) is 12.6 Å². The van der Waals surface area contributed by atoms with Gasteiger partial charge in [-0.15, -0.1) is 0 Å². The molecule has 2 aliphatic rings. The molecule has 1 fully saturated rings. The zero-order valence-electron chi connectivity index (χ0n) is 13.3. The summed E-state index contributed by atoms with van der Waals surface area (Å²) in [7, 11) is 1.58. The van der Waals surface area contributed by atoms with Gasteiger partial charge in [-0.1, -0.05) is 19.1 Å². The van der Waals surface area contributed by atoms with E-state index in [9.17, 15) is 9.59 Å². The summed E-state index contributed by atoms with van der Waals surface area (Å²) in [6.07, 6.45) is 2.42. The summed E-state index contributed by atoms with van der Waals surface area (Å²) >= 11 is 0.